The molecule has 0 spiro atoms. The van der Waals surface area contributed by atoms with E-state index in [1.54, 1.807) is 11.1 Å². The van der Waals surface area contributed by atoms with Crippen molar-refractivity contribution in [2.24, 2.45) is 0 Å². The van der Waals surface area contributed by atoms with Crippen LogP contribution in [0.5, 0.6) is 0 Å². The van der Waals surface area contributed by atoms with Crippen LogP contribution in [0.4, 0.5) is 11.4 Å². The van der Waals surface area contributed by atoms with E-state index in [0.717, 1.165) is 0 Å². The van der Waals surface area contributed by atoms with Gasteiger partial charge in [-0.15, -0.1) is 0 Å². The number of rotatable bonds is 2. The lowest BCUT2D eigenvalue weighted by Crippen LogP contribution is -2.48. The fourth-order valence-corrected chi connectivity index (χ4v) is 7.34. The lowest BCUT2D eigenvalue weighted by atomic mass is 9.79. The van der Waals surface area contributed by atoms with Gasteiger partial charge in [0.1, 0.15) is 6.17 Å². The molecule has 0 saturated carbocycles. The van der Waals surface area contributed by atoms with Gasteiger partial charge in [-0.1, -0.05) is 100 Å². The van der Waals surface area contributed by atoms with E-state index in [-0.39, 0.29) is 11.6 Å². The summed E-state index contributed by atoms with van der Waals surface area (Å²) in [5.41, 5.74) is 15.4. The minimum atomic E-state index is -0.0510. The number of fused-ring (bicyclic) bond motifs is 4. The molecule has 3 heterocycles. The molecule has 1 unspecified atom stereocenters. The fraction of sp³-hybridized carbons (Fsp3) is 0.278. The zero-order valence-electron chi connectivity index (χ0n) is 23.0. The molecule has 2 heteroatoms. The van der Waals surface area contributed by atoms with Crippen molar-refractivity contribution < 1.29 is 0 Å². The largest absolute Gasteiger partial charge is 0.317 e. The molecule has 0 radical (unpaired) electrons. The predicted octanol–water partition coefficient (Wildman–Crippen LogP) is 9.04. The summed E-state index contributed by atoms with van der Waals surface area (Å²) in [4.78, 5) is 5.32. The molecule has 4 aromatic carbocycles. The molecule has 2 nitrogen and oxygen atoms in total. The van der Waals surface area contributed by atoms with Crippen molar-refractivity contribution in [2.45, 2.75) is 65.0 Å². The molecule has 3 aliphatic heterocycles. The maximum atomic E-state index is 2.69. The molecule has 0 saturated heterocycles. The average molecular weight is 497 g/mol. The number of hydrogen-bond donors (Lipinski definition) is 0. The Morgan fingerprint density at radius 3 is 1.95 bits per heavy atom. The predicted molar refractivity (Wildman–Crippen MR) is 161 cm³/mol. The van der Waals surface area contributed by atoms with Crippen LogP contribution in [0.25, 0.3) is 22.5 Å². The summed E-state index contributed by atoms with van der Waals surface area (Å²) in [6.45, 7) is 8.87. The highest BCUT2D eigenvalue weighted by molar-refractivity contribution is 6.15. The first-order valence-corrected chi connectivity index (χ1v) is 14.4. The van der Waals surface area contributed by atoms with Gasteiger partial charge in [0, 0.05) is 27.8 Å². The quantitative estimate of drug-likeness (QED) is 0.273. The number of aryl methyl sites for hydroxylation is 2. The Morgan fingerprint density at radius 1 is 0.632 bits per heavy atom. The number of hydrogen-bond acceptors (Lipinski definition) is 2. The van der Waals surface area contributed by atoms with E-state index >= 15 is 0 Å². The van der Waals surface area contributed by atoms with Crippen LogP contribution in [0.3, 0.4) is 0 Å². The van der Waals surface area contributed by atoms with Gasteiger partial charge in [-0.2, -0.15) is 0 Å². The molecule has 38 heavy (non-hydrogen) atoms. The van der Waals surface area contributed by atoms with Crippen molar-refractivity contribution in [2.75, 3.05) is 9.80 Å². The van der Waals surface area contributed by atoms with Crippen LogP contribution in [0.1, 0.15) is 68.4 Å². The Bertz CT molecular complexity index is 1560. The van der Waals surface area contributed by atoms with E-state index in [2.05, 4.69) is 115 Å². The summed E-state index contributed by atoms with van der Waals surface area (Å²) in [5, 5.41) is 0. The van der Waals surface area contributed by atoms with Crippen LogP contribution in [-0.4, -0.2) is 6.17 Å². The van der Waals surface area contributed by atoms with Crippen molar-refractivity contribution >= 4 is 22.8 Å². The fourth-order valence-electron chi connectivity index (χ4n) is 7.34. The molecule has 4 aromatic rings. The van der Waals surface area contributed by atoms with Gasteiger partial charge in [-0.3, -0.25) is 0 Å². The summed E-state index contributed by atoms with van der Waals surface area (Å²) in [6, 6.07) is 34.2. The first kappa shape index (κ1) is 23.3. The average Bonchev–Trinajstić information content (AvgIpc) is 3.46. The van der Waals surface area contributed by atoms with Crippen molar-refractivity contribution in [3.05, 3.63) is 119 Å². The highest BCUT2D eigenvalue weighted by atomic mass is 15.5. The molecular formula is C36H36N2. The van der Waals surface area contributed by atoms with Crippen LogP contribution in [0, 0.1) is 0 Å². The van der Waals surface area contributed by atoms with Gasteiger partial charge in [0.15, 0.2) is 0 Å². The molecule has 8 rings (SSSR count). The molecule has 190 valence electrons. The Labute approximate surface area is 227 Å². The van der Waals surface area contributed by atoms with Gasteiger partial charge < -0.3 is 9.80 Å². The van der Waals surface area contributed by atoms with Gasteiger partial charge in [-0.05, 0) is 66.1 Å². The maximum absolute atomic E-state index is 2.69. The van der Waals surface area contributed by atoms with E-state index in [1.165, 1.54) is 76.3 Å². The molecule has 1 aliphatic carbocycles. The topological polar surface area (TPSA) is 6.48 Å². The van der Waals surface area contributed by atoms with Crippen molar-refractivity contribution in [3.8, 4) is 11.1 Å². The lowest BCUT2D eigenvalue weighted by molar-refractivity contribution is 0.451. The SMILES string of the molecule is CC.CC1(C)c2cccc3c2N2C(=C(c4ccccc4)N(c4ccccc4)C21)c1cc2c(cc1-3)CCCC2. The Balaban J connectivity index is 0.00000118. The maximum Gasteiger partial charge on any atom is 0.120 e. The number of para-hydroxylation sites is 2. The summed E-state index contributed by atoms with van der Waals surface area (Å²) in [6.07, 6.45) is 5.19. The molecular weight excluding hydrogens is 460 g/mol. The van der Waals surface area contributed by atoms with E-state index in [1.807, 2.05) is 13.8 Å². The standard InChI is InChI=1S/C34H30N2.C2H6/c1-34(2)29-19-11-18-26-27-20-23-14-9-10-15-24(23)21-28(27)32-30(22-12-5-3-6-13-22)35(25-16-7-4-8-17-25)33(34)36(32)31(26)29;1-2/h3-8,11-13,16-21,33H,9-10,14-15H2,1-2H3;1-2H3. The second-order valence-electron chi connectivity index (χ2n) is 11.3. The highest BCUT2D eigenvalue weighted by Gasteiger charge is 2.57. The summed E-state index contributed by atoms with van der Waals surface area (Å²) >= 11 is 0. The van der Waals surface area contributed by atoms with Gasteiger partial charge in [0.05, 0.1) is 17.1 Å². The third kappa shape index (κ3) is 3.07. The Hall–Kier alpha value is -3.78. The van der Waals surface area contributed by atoms with E-state index in [4.69, 9.17) is 0 Å². The number of nitrogens with zero attached hydrogens (tertiary/aromatic N) is 2. The Kier molecular flexibility index (Phi) is 5.30. The summed E-state index contributed by atoms with van der Waals surface area (Å²) < 4.78 is 0. The van der Waals surface area contributed by atoms with Gasteiger partial charge in [0.25, 0.3) is 0 Å². The molecule has 4 aliphatic rings. The third-order valence-electron chi connectivity index (χ3n) is 8.92. The third-order valence-corrected chi connectivity index (χ3v) is 8.92. The number of benzene rings is 4. The molecule has 1 atom stereocenters. The van der Waals surface area contributed by atoms with Crippen LogP contribution in [0.2, 0.25) is 0 Å². The first-order chi connectivity index (χ1) is 18.6. The number of anilines is 2. The van der Waals surface area contributed by atoms with Crippen LogP contribution >= 0.6 is 0 Å². The Morgan fingerprint density at radius 2 is 1.26 bits per heavy atom. The normalized spacial score (nSPS) is 19.4. The lowest BCUT2D eigenvalue weighted by Gasteiger charge is -2.39. The zero-order chi connectivity index (χ0) is 26.0. The van der Waals surface area contributed by atoms with Crippen LogP contribution < -0.4 is 9.80 Å². The van der Waals surface area contributed by atoms with Crippen molar-refractivity contribution in [1.82, 2.24) is 0 Å². The minimum Gasteiger partial charge on any atom is -0.317 e. The van der Waals surface area contributed by atoms with E-state index in [0.29, 0.717) is 0 Å². The van der Waals surface area contributed by atoms with E-state index in [9.17, 15) is 0 Å². The highest BCUT2D eigenvalue weighted by Crippen LogP contribution is 2.63. The second kappa shape index (κ2) is 8.63. The van der Waals surface area contributed by atoms with Gasteiger partial charge >= 0.3 is 0 Å². The second-order valence-corrected chi connectivity index (χ2v) is 11.3. The minimum absolute atomic E-state index is 0.0510. The molecule has 0 fully saturated rings. The smallest absolute Gasteiger partial charge is 0.120 e. The van der Waals surface area contributed by atoms with E-state index < -0.39 is 0 Å². The van der Waals surface area contributed by atoms with Crippen molar-refractivity contribution in [1.29, 1.82) is 0 Å². The molecule has 0 N–H and O–H groups in total. The molecule has 0 amide bonds. The summed E-state index contributed by atoms with van der Waals surface area (Å²) in [5.74, 6) is 0. The van der Waals surface area contributed by atoms with Gasteiger partial charge in [-0.25, -0.2) is 0 Å². The molecule has 0 bridgehead atoms. The van der Waals surface area contributed by atoms with Crippen LogP contribution in [-0.2, 0) is 18.3 Å². The van der Waals surface area contributed by atoms with Crippen molar-refractivity contribution in [3.63, 3.8) is 0 Å². The zero-order valence-corrected chi connectivity index (χ0v) is 23.0. The monoisotopic (exact) mass is 496 g/mol. The van der Waals surface area contributed by atoms with Gasteiger partial charge in [0.2, 0.25) is 0 Å². The summed E-state index contributed by atoms with van der Waals surface area (Å²) in [7, 11) is 0. The molecule has 0 aromatic heterocycles. The first-order valence-electron chi connectivity index (χ1n) is 14.4. The van der Waals surface area contributed by atoms with Crippen LogP contribution in [0.15, 0.2) is 91.0 Å².